The van der Waals surface area contributed by atoms with Gasteiger partial charge in [-0.3, -0.25) is 9.59 Å². The molecule has 1 fully saturated rings. The number of anilines is 1. The molecule has 4 rings (SSSR count). The molecule has 0 saturated carbocycles. The number of amides is 2. The van der Waals surface area contributed by atoms with Crippen LogP contribution in [0.25, 0.3) is 0 Å². The van der Waals surface area contributed by atoms with Gasteiger partial charge in [-0.2, -0.15) is 0 Å². The van der Waals surface area contributed by atoms with Gasteiger partial charge in [0.1, 0.15) is 0 Å². The van der Waals surface area contributed by atoms with Crippen LogP contribution in [0.4, 0.5) is 5.69 Å². The Kier molecular flexibility index (Phi) is 4.49. The minimum absolute atomic E-state index is 0.0914. The number of hydrogen-bond acceptors (Lipinski definition) is 2. The molecule has 4 nitrogen and oxygen atoms in total. The molecular weight excluding hydrogens is 324 g/mol. The second kappa shape index (κ2) is 6.94. The quantitative estimate of drug-likeness (QED) is 0.849. The highest BCUT2D eigenvalue weighted by molar-refractivity contribution is 6.03. The summed E-state index contributed by atoms with van der Waals surface area (Å²) in [7, 11) is 0. The maximum Gasteiger partial charge on any atom is 0.253 e. The highest BCUT2D eigenvalue weighted by Crippen LogP contribution is 2.31. The number of nitrogens with zero attached hydrogens (tertiary/aromatic N) is 2. The van der Waals surface area contributed by atoms with E-state index in [4.69, 9.17) is 0 Å². The minimum atomic E-state index is 0.0914. The summed E-state index contributed by atoms with van der Waals surface area (Å²) in [5.41, 5.74) is 3.70. The molecule has 0 spiro atoms. The number of benzene rings is 2. The predicted octanol–water partition coefficient (Wildman–Crippen LogP) is 3.65. The van der Waals surface area contributed by atoms with Crippen LogP contribution in [0.2, 0.25) is 0 Å². The van der Waals surface area contributed by atoms with Crippen LogP contribution in [0, 0.1) is 5.92 Å². The molecule has 0 radical (unpaired) electrons. The molecule has 4 heteroatoms. The summed E-state index contributed by atoms with van der Waals surface area (Å²) < 4.78 is 0. The first-order valence-corrected chi connectivity index (χ1v) is 9.38. The number of carbonyl (C=O) groups is 2. The molecular formula is C22H24N2O2. The normalized spacial score (nSPS) is 17.5. The molecule has 2 heterocycles. The van der Waals surface area contributed by atoms with Crippen molar-refractivity contribution < 1.29 is 9.59 Å². The maximum atomic E-state index is 12.8. The van der Waals surface area contributed by atoms with E-state index in [0.29, 0.717) is 24.4 Å². The van der Waals surface area contributed by atoms with E-state index in [9.17, 15) is 9.59 Å². The van der Waals surface area contributed by atoms with E-state index in [1.165, 1.54) is 0 Å². The summed E-state index contributed by atoms with van der Waals surface area (Å²) in [6, 6.07) is 15.7. The zero-order chi connectivity index (χ0) is 18.1. The topological polar surface area (TPSA) is 40.6 Å². The molecule has 0 unspecified atom stereocenters. The van der Waals surface area contributed by atoms with Crippen molar-refractivity contribution in [1.82, 2.24) is 4.90 Å². The summed E-state index contributed by atoms with van der Waals surface area (Å²) in [6.45, 7) is 4.47. The Hall–Kier alpha value is -2.62. The van der Waals surface area contributed by atoms with Gasteiger partial charge in [-0.25, -0.2) is 0 Å². The fourth-order valence-corrected chi connectivity index (χ4v) is 3.85. The smallest absolute Gasteiger partial charge is 0.253 e. The Bertz CT molecular complexity index is 823. The predicted molar refractivity (Wildman–Crippen MR) is 102 cm³/mol. The largest absolute Gasteiger partial charge is 0.339 e. The number of rotatable bonds is 3. The fraction of sp³-hybridized carbons (Fsp3) is 0.364. The average Bonchev–Trinajstić information content (AvgIpc) is 2.97. The second-order valence-corrected chi connectivity index (χ2v) is 7.46. The first kappa shape index (κ1) is 16.8. The van der Waals surface area contributed by atoms with E-state index in [0.717, 1.165) is 42.7 Å². The van der Waals surface area contributed by atoms with Crippen molar-refractivity contribution in [2.75, 3.05) is 18.0 Å². The van der Waals surface area contributed by atoms with E-state index in [1.54, 1.807) is 0 Å². The van der Waals surface area contributed by atoms with Crippen LogP contribution in [0.1, 0.15) is 41.3 Å². The van der Waals surface area contributed by atoms with Gasteiger partial charge < -0.3 is 9.80 Å². The van der Waals surface area contributed by atoms with E-state index < -0.39 is 0 Å². The highest BCUT2D eigenvalue weighted by atomic mass is 16.2. The third-order valence-corrected chi connectivity index (χ3v) is 5.51. The second-order valence-electron chi connectivity index (χ2n) is 7.46. The van der Waals surface area contributed by atoms with Gasteiger partial charge >= 0.3 is 0 Å². The van der Waals surface area contributed by atoms with Gasteiger partial charge in [0.25, 0.3) is 5.91 Å². The molecule has 0 aliphatic carbocycles. The molecule has 2 aromatic rings. The van der Waals surface area contributed by atoms with Gasteiger partial charge in [0.2, 0.25) is 5.91 Å². The third kappa shape index (κ3) is 3.24. The first-order chi connectivity index (χ1) is 12.6. The highest BCUT2D eigenvalue weighted by Gasteiger charge is 2.29. The zero-order valence-corrected chi connectivity index (χ0v) is 15.1. The van der Waals surface area contributed by atoms with E-state index >= 15 is 0 Å². The third-order valence-electron chi connectivity index (χ3n) is 5.51. The summed E-state index contributed by atoms with van der Waals surface area (Å²) in [6.07, 6.45) is 2.51. The summed E-state index contributed by atoms with van der Waals surface area (Å²) in [4.78, 5) is 29.0. The van der Waals surface area contributed by atoms with E-state index in [2.05, 4.69) is 6.92 Å². The van der Waals surface area contributed by atoms with Crippen LogP contribution in [0.3, 0.4) is 0 Å². The lowest BCUT2D eigenvalue weighted by molar-refractivity contribution is -0.117. The van der Waals surface area contributed by atoms with Crippen LogP contribution in [-0.4, -0.2) is 29.8 Å². The Morgan fingerprint density at radius 3 is 2.54 bits per heavy atom. The number of fused-ring (bicyclic) bond motifs is 1. The monoisotopic (exact) mass is 348 g/mol. The van der Waals surface area contributed by atoms with Crippen molar-refractivity contribution in [2.45, 2.75) is 32.7 Å². The SMILES string of the molecule is CC1CCN(C(=O)c2ccc3c(c2)CC(=O)N3Cc2ccccc2)CC1. The summed E-state index contributed by atoms with van der Waals surface area (Å²) in [5.74, 6) is 0.886. The molecule has 0 bridgehead atoms. The van der Waals surface area contributed by atoms with Crippen LogP contribution >= 0.6 is 0 Å². The van der Waals surface area contributed by atoms with Gasteiger partial charge in [-0.15, -0.1) is 0 Å². The van der Waals surface area contributed by atoms with Crippen molar-refractivity contribution >= 4 is 17.5 Å². The molecule has 2 aromatic carbocycles. The number of carbonyl (C=O) groups excluding carboxylic acids is 2. The Balaban J connectivity index is 1.53. The van der Waals surface area contributed by atoms with Crippen molar-refractivity contribution in [3.05, 3.63) is 65.2 Å². The first-order valence-electron chi connectivity index (χ1n) is 9.38. The van der Waals surface area contributed by atoms with Crippen LogP contribution in [0.5, 0.6) is 0 Å². The van der Waals surface area contributed by atoms with Crippen molar-refractivity contribution in [3.8, 4) is 0 Å². The fourth-order valence-electron chi connectivity index (χ4n) is 3.85. The lowest BCUT2D eigenvalue weighted by Crippen LogP contribution is -2.37. The average molecular weight is 348 g/mol. The number of piperidine rings is 1. The molecule has 26 heavy (non-hydrogen) atoms. The zero-order valence-electron chi connectivity index (χ0n) is 15.1. The van der Waals surface area contributed by atoms with Crippen LogP contribution < -0.4 is 4.90 Å². The summed E-state index contributed by atoms with van der Waals surface area (Å²) in [5, 5.41) is 0. The van der Waals surface area contributed by atoms with Gasteiger partial charge in [-0.1, -0.05) is 37.3 Å². The van der Waals surface area contributed by atoms with E-state index in [1.807, 2.05) is 58.3 Å². The van der Waals surface area contributed by atoms with Crippen molar-refractivity contribution in [2.24, 2.45) is 5.92 Å². The molecule has 2 amide bonds. The van der Waals surface area contributed by atoms with E-state index in [-0.39, 0.29) is 11.8 Å². The molecule has 0 aromatic heterocycles. The number of hydrogen-bond donors (Lipinski definition) is 0. The summed E-state index contributed by atoms with van der Waals surface area (Å²) >= 11 is 0. The maximum absolute atomic E-state index is 12.8. The van der Waals surface area contributed by atoms with Crippen LogP contribution in [-0.2, 0) is 17.8 Å². The van der Waals surface area contributed by atoms with Gasteiger partial charge in [0.15, 0.2) is 0 Å². The van der Waals surface area contributed by atoms with Crippen LogP contribution in [0.15, 0.2) is 48.5 Å². The molecule has 1 saturated heterocycles. The van der Waals surface area contributed by atoms with Gasteiger partial charge in [-0.05, 0) is 48.1 Å². The Morgan fingerprint density at radius 2 is 1.81 bits per heavy atom. The molecule has 2 aliphatic rings. The van der Waals surface area contributed by atoms with Gasteiger partial charge in [0, 0.05) is 24.3 Å². The minimum Gasteiger partial charge on any atom is -0.339 e. The Labute approximate surface area is 154 Å². The van der Waals surface area contributed by atoms with Crippen molar-refractivity contribution in [1.29, 1.82) is 0 Å². The van der Waals surface area contributed by atoms with Crippen molar-refractivity contribution in [3.63, 3.8) is 0 Å². The lowest BCUT2D eigenvalue weighted by atomic mass is 9.98. The molecule has 2 aliphatic heterocycles. The standard InChI is InChI=1S/C22H24N2O2/c1-16-9-11-23(12-10-16)22(26)18-7-8-20-19(13-18)14-21(25)24(20)15-17-5-3-2-4-6-17/h2-8,13,16H,9-12,14-15H2,1H3. The molecule has 0 N–H and O–H groups in total. The molecule has 0 atom stereocenters. The number of likely N-dealkylation sites (tertiary alicyclic amines) is 1. The van der Waals surface area contributed by atoms with Gasteiger partial charge in [0.05, 0.1) is 13.0 Å². The molecule has 134 valence electrons. The Morgan fingerprint density at radius 1 is 1.08 bits per heavy atom. The lowest BCUT2D eigenvalue weighted by Gasteiger charge is -2.30.